The zero-order valence-corrected chi connectivity index (χ0v) is 12.4. The van der Waals surface area contributed by atoms with Crippen LogP contribution in [0, 0.1) is 5.92 Å². The Labute approximate surface area is 115 Å². The SMILES string of the molecule is CCNC(CC1CCSCC1)c1ccnn1CC. The predicted octanol–water partition coefficient (Wildman–Crippen LogP) is 3.09. The summed E-state index contributed by atoms with van der Waals surface area (Å²) in [4.78, 5) is 0. The Morgan fingerprint density at radius 3 is 2.89 bits per heavy atom. The van der Waals surface area contributed by atoms with Crippen LogP contribution in [0.1, 0.15) is 44.8 Å². The van der Waals surface area contributed by atoms with Crippen LogP contribution in [0.3, 0.4) is 0 Å². The van der Waals surface area contributed by atoms with Gasteiger partial charge in [-0.05, 0) is 56.2 Å². The maximum absolute atomic E-state index is 4.40. The molecule has 1 atom stereocenters. The van der Waals surface area contributed by atoms with Gasteiger partial charge in [0.25, 0.3) is 0 Å². The molecule has 1 fully saturated rings. The van der Waals surface area contributed by atoms with Crippen LogP contribution in [0.2, 0.25) is 0 Å². The number of hydrogen-bond acceptors (Lipinski definition) is 3. The molecule has 1 aromatic rings. The van der Waals surface area contributed by atoms with Crippen LogP contribution in [0.4, 0.5) is 0 Å². The molecular weight excluding hydrogens is 242 g/mol. The van der Waals surface area contributed by atoms with Crippen LogP contribution in [-0.4, -0.2) is 27.8 Å². The normalized spacial score (nSPS) is 19.0. The molecule has 0 amide bonds. The third kappa shape index (κ3) is 3.51. The fourth-order valence-electron chi connectivity index (χ4n) is 2.77. The predicted molar refractivity (Wildman–Crippen MR) is 79.0 cm³/mol. The van der Waals surface area contributed by atoms with Crippen molar-refractivity contribution >= 4 is 11.8 Å². The van der Waals surface area contributed by atoms with E-state index >= 15 is 0 Å². The van der Waals surface area contributed by atoms with Crippen LogP contribution >= 0.6 is 11.8 Å². The summed E-state index contributed by atoms with van der Waals surface area (Å²) in [5, 5.41) is 8.04. The van der Waals surface area contributed by atoms with E-state index in [0.29, 0.717) is 6.04 Å². The van der Waals surface area contributed by atoms with Crippen molar-refractivity contribution in [2.45, 2.75) is 45.7 Å². The molecule has 0 bridgehead atoms. The second kappa shape index (κ2) is 7.19. The standard InChI is InChI=1S/C14H25N3S/c1-3-15-13(11-12-6-9-18-10-7-12)14-5-8-16-17(14)4-2/h5,8,12-13,15H,3-4,6-7,9-11H2,1-2H3. The molecule has 3 nitrogen and oxygen atoms in total. The highest BCUT2D eigenvalue weighted by molar-refractivity contribution is 7.99. The van der Waals surface area contributed by atoms with Crippen molar-refractivity contribution < 1.29 is 0 Å². The second-order valence-corrected chi connectivity index (χ2v) is 6.20. The molecule has 1 aliphatic rings. The molecule has 1 aliphatic heterocycles. The van der Waals surface area contributed by atoms with Gasteiger partial charge in [-0.1, -0.05) is 6.92 Å². The monoisotopic (exact) mass is 267 g/mol. The van der Waals surface area contributed by atoms with Crippen molar-refractivity contribution in [3.8, 4) is 0 Å². The Morgan fingerprint density at radius 2 is 2.22 bits per heavy atom. The summed E-state index contributed by atoms with van der Waals surface area (Å²) in [6.07, 6.45) is 5.96. The molecule has 0 aromatic carbocycles. The molecule has 102 valence electrons. The van der Waals surface area contributed by atoms with Gasteiger partial charge in [-0.15, -0.1) is 0 Å². The Bertz CT molecular complexity index is 345. The minimum Gasteiger partial charge on any atom is -0.309 e. The van der Waals surface area contributed by atoms with E-state index < -0.39 is 0 Å². The lowest BCUT2D eigenvalue weighted by atomic mass is 9.92. The molecule has 2 rings (SSSR count). The summed E-state index contributed by atoms with van der Waals surface area (Å²) in [7, 11) is 0. The third-order valence-corrected chi connectivity index (χ3v) is 4.82. The number of nitrogens with one attached hydrogen (secondary N) is 1. The fourth-order valence-corrected chi connectivity index (χ4v) is 3.98. The van der Waals surface area contributed by atoms with E-state index in [1.54, 1.807) is 0 Å². The lowest BCUT2D eigenvalue weighted by molar-refractivity contribution is 0.359. The smallest absolute Gasteiger partial charge is 0.0553 e. The Balaban J connectivity index is 2.02. The number of aromatic nitrogens is 2. The van der Waals surface area contributed by atoms with Crippen LogP contribution in [0.15, 0.2) is 12.3 Å². The number of nitrogens with zero attached hydrogens (tertiary/aromatic N) is 2. The second-order valence-electron chi connectivity index (χ2n) is 4.97. The van der Waals surface area contributed by atoms with Gasteiger partial charge < -0.3 is 5.32 Å². The number of thioether (sulfide) groups is 1. The van der Waals surface area contributed by atoms with E-state index in [2.05, 4.69) is 46.8 Å². The minimum atomic E-state index is 0.477. The summed E-state index contributed by atoms with van der Waals surface area (Å²) in [5.41, 5.74) is 1.36. The zero-order valence-electron chi connectivity index (χ0n) is 11.6. The molecule has 4 heteroatoms. The first-order chi connectivity index (χ1) is 8.85. The third-order valence-electron chi connectivity index (χ3n) is 3.77. The van der Waals surface area contributed by atoms with Crippen molar-refractivity contribution in [1.82, 2.24) is 15.1 Å². The molecule has 2 heterocycles. The van der Waals surface area contributed by atoms with Crippen molar-refractivity contribution in [2.24, 2.45) is 5.92 Å². The van der Waals surface area contributed by atoms with Crippen LogP contribution in [-0.2, 0) is 6.54 Å². The average molecular weight is 267 g/mol. The van der Waals surface area contributed by atoms with E-state index in [4.69, 9.17) is 0 Å². The Kier molecular flexibility index (Phi) is 5.57. The fraction of sp³-hybridized carbons (Fsp3) is 0.786. The van der Waals surface area contributed by atoms with Crippen LogP contribution in [0.25, 0.3) is 0 Å². The molecule has 1 aromatic heterocycles. The highest BCUT2D eigenvalue weighted by atomic mass is 32.2. The van der Waals surface area contributed by atoms with E-state index in [0.717, 1.165) is 19.0 Å². The number of rotatable bonds is 6. The maximum Gasteiger partial charge on any atom is 0.0553 e. The first kappa shape index (κ1) is 13.9. The molecule has 0 radical (unpaired) electrons. The van der Waals surface area contributed by atoms with E-state index in [-0.39, 0.29) is 0 Å². The molecular formula is C14H25N3S. The maximum atomic E-state index is 4.40. The Hall–Kier alpha value is -0.480. The summed E-state index contributed by atoms with van der Waals surface area (Å²) in [6.45, 7) is 6.35. The molecule has 0 spiro atoms. The van der Waals surface area contributed by atoms with Gasteiger partial charge in [0.1, 0.15) is 0 Å². The molecule has 18 heavy (non-hydrogen) atoms. The molecule has 0 aliphatic carbocycles. The summed E-state index contributed by atoms with van der Waals surface area (Å²) < 4.78 is 2.13. The molecule has 1 saturated heterocycles. The van der Waals surface area contributed by atoms with Crippen LogP contribution < -0.4 is 5.32 Å². The lowest BCUT2D eigenvalue weighted by Gasteiger charge is -2.27. The van der Waals surface area contributed by atoms with Crippen molar-refractivity contribution in [3.63, 3.8) is 0 Å². The topological polar surface area (TPSA) is 29.9 Å². The first-order valence-corrected chi connectivity index (χ1v) is 8.33. The quantitative estimate of drug-likeness (QED) is 0.859. The summed E-state index contributed by atoms with van der Waals surface area (Å²) in [6, 6.07) is 2.65. The highest BCUT2D eigenvalue weighted by Crippen LogP contribution is 2.30. The van der Waals surface area contributed by atoms with Gasteiger partial charge in [0, 0.05) is 18.8 Å². The van der Waals surface area contributed by atoms with Crippen molar-refractivity contribution in [3.05, 3.63) is 18.0 Å². The molecule has 0 saturated carbocycles. The van der Waals surface area contributed by atoms with E-state index in [1.807, 2.05) is 6.20 Å². The molecule has 1 N–H and O–H groups in total. The van der Waals surface area contributed by atoms with Crippen molar-refractivity contribution in [2.75, 3.05) is 18.1 Å². The zero-order chi connectivity index (χ0) is 12.8. The first-order valence-electron chi connectivity index (χ1n) is 7.18. The van der Waals surface area contributed by atoms with Gasteiger partial charge in [-0.25, -0.2) is 0 Å². The minimum absolute atomic E-state index is 0.477. The lowest BCUT2D eigenvalue weighted by Crippen LogP contribution is -2.27. The van der Waals surface area contributed by atoms with Gasteiger partial charge >= 0.3 is 0 Å². The highest BCUT2D eigenvalue weighted by Gasteiger charge is 2.21. The van der Waals surface area contributed by atoms with Gasteiger partial charge in [0.2, 0.25) is 0 Å². The van der Waals surface area contributed by atoms with Gasteiger partial charge in [0.05, 0.1) is 5.69 Å². The van der Waals surface area contributed by atoms with E-state index in [1.165, 1.54) is 36.5 Å². The number of aryl methyl sites for hydroxylation is 1. The largest absolute Gasteiger partial charge is 0.309 e. The average Bonchev–Trinajstić information content (AvgIpc) is 2.87. The Morgan fingerprint density at radius 1 is 1.44 bits per heavy atom. The van der Waals surface area contributed by atoms with Crippen molar-refractivity contribution in [1.29, 1.82) is 0 Å². The number of hydrogen-bond donors (Lipinski definition) is 1. The summed E-state index contributed by atoms with van der Waals surface area (Å²) in [5.74, 6) is 3.57. The van der Waals surface area contributed by atoms with Gasteiger partial charge in [-0.3, -0.25) is 4.68 Å². The van der Waals surface area contributed by atoms with E-state index in [9.17, 15) is 0 Å². The van der Waals surface area contributed by atoms with Gasteiger partial charge in [0.15, 0.2) is 0 Å². The summed E-state index contributed by atoms with van der Waals surface area (Å²) >= 11 is 2.11. The van der Waals surface area contributed by atoms with Crippen LogP contribution in [0.5, 0.6) is 0 Å². The molecule has 1 unspecified atom stereocenters. The van der Waals surface area contributed by atoms with Gasteiger partial charge in [-0.2, -0.15) is 16.9 Å².